The smallest absolute Gasteiger partial charge is 0.229 e. The van der Waals surface area contributed by atoms with Crippen LogP contribution in [0, 0.1) is 11.6 Å². The molecular formula is C27H29F2N9O. The third-order valence-corrected chi connectivity index (χ3v) is 6.86. The lowest BCUT2D eigenvalue weighted by atomic mass is 10.1. The van der Waals surface area contributed by atoms with Crippen molar-refractivity contribution < 1.29 is 13.5 Å². The van der Waals surface area contributed by atoms with Crippen molar-refractivity contribution in [2.24, 2.45) is 0 Å². The van der Waals surface area contributed by atoms with Crippen LogP contribution >= 0.6 is 0 Å². The van der Waals surface area contributed by atoms with Crippen molar-refractivity contribution in [3.05, 3.63) is 65.7 Å². The van der Waals surface area contributed by atoms with E-state index in [9.17, 15) is 8.78 Å². The predicted octanol–water partition coefficient (Wildman–Crippen LogP) is 3.74. The molecule has 4 heterocycles. The molecule has 0 bridgehead atoms. The molecule has 1 aliphatic rings. The van der Waals surface area contributed by atoms with Gasteiger partial charge in [-0.3, -0.25) is 0 Å². The lowest BCUT2D eigenvalue weighted by molar-refractivity contribution is 0.122. The Bertz CT molecular complexity index is 1610. The quantitative estimate of drug-likeness (QED) is 0.311. The first-order valence-corrected chi connectivity index (χ1v) is 12.8. The van der Waals surface area contributed by atoms with Crippen LogP contribution < -0.4 is 15.1 Å². The van der Waals surface area contributed by atoms with Crippen molar-refractivity contribution in [1.29, 1.82) is 0 Å². The van der Waals surface area contributed by atoms with Gasteiger partial charge < -0.3 is 29.4 Å². The normalized spacial score (nSPS) is 13.9. The number of morpholine rings is 1. The van der Waals surface area contributed by atoms with Crippen LogP contribution in [0.15, 0.2) is 42.7 Å². The Balaban J connectivity index is 1.28. The monoisotopic (exact) mass is 533 g/mol. The second-order valence-electron chi connectivity index (χ2n) is 9.69. The molecule has 0 aliphatic carbocycles. The fraction of sp³-hybridized carbons (Fsp3) is 0.333. The summed E-state index contributed by atoms with van der Waals surface area (Å²) in [6.45, 7) is 3.50. The minimum Gasteiger partial charge on any atom is -0.378 e. The summed E-state index contributed by atoms with van der Waals surface area (Å²) in [6, 6.07) is 11.0. The first kappa shape index (κ1) is 25.0. The van der Waals surface area contributed by atoms with Gasteiger partial charge in [0.25, 0.3) is 0 Å². The summed E-state index contributed by atoms with van der Waals surface area (Å²) in [5.41, 5.74) is 4.12. The Labute approximate surface area is 223 Å². The fourth-order valence-corrected chi connectivity index (χ4v) is 4.65. The molecule has 0 atom stereocenters. The summed E-state index contributed by atoms with van der Waals surface area (Å²) in [5, 5.41) is 3.28. The number of hydrogen-bond donors (Lipinski definition) is 2. The summed E-state index contributed by atoms with van der Waals surface area (Å²) >= 11 is 0. The maximum absolute atomic E-state index is 14.2. The molecule has 39 heavy (non-hydrogen) atoms. The number of rotatable bonds is 8. The van der Waals surface area contributed by atoms with Gasteiger partial charge >= 0.3 is 0 Å². The molecule has 3 aromatic heterocycles. The minimum atomic E-state index is -0.968. The zero-order valence-corrected chi connectivity index (χ0v) is 21.8. The highest BCUT2D eigenvalue weighted by Gasteiger charge is 2.20. The van der Waals surface area contributed by atoms with Crippen LogP contribution in [-0.2, 0) is 24.2 Å². The van der Waals surface area contributed by atoms with Crippen molar-refractivity contribution in [2.75, 3.05) is 55.5 Å². The molecule has 1 saturated heterocycles. The van der Waals surface area contributed by atoms with Crippen molar-refractivity contribution in [3.63, 3.8) is 0 Å². The highest BCUT2D eigenvalue weighted by Crippen LogP contribution is 2.25. The summed E-state index contributed by atoms with van der Waals surface area (Å²) in [4.78, 5) is 25.7. The van der Waals surface area contributed by atoms with Gasteiger partial charge in [-0.25, -0.2) is 18.7 Å². The molecule has 0 radical (unpaired) electrons. The van der Waals surface area contributed by atoms with Crippen molar-refractivity contribution in [1.82, 2.24) is 29.5 Å². The SMILES string of the molecule is CN(C)c1ccc(CCn2cnc3c(NCc4nc5c(F)c(F)ccc5[nH]4)nc(N4CCOCC4)nc32)cc1. The Hall–Kier alpha value is -4.32. The van der Waals surface area contributed by atoms with Gasteiger partial charge in [0.1, 0.15) is 11.3 Å². The number of aryl methyl sites for hydroxylation is 2. The van der Waals surface area contributed by atoms with Crippen LogP contribution in [0.25, 0.3) is 22.2 Å². The molecule has 1 aliphatic heterocycles. The molecular weight excluding hydrogens is 504 g/mol. The van der Waals surface area contributed by atoms with Gasteiger partial charge in [-0.2, -0.15) is 9.97 Å². The number of aromatic amines is 1. The Morgan fingerprint density at radius 3 is 2.56 bits per heavy atom. The Kier molecular flexibility index (Phi) is 6.69. The number of fused-ring (bicyclic) bond motifs is 2. The van der Waals surface area contributed by atoms with Gasteiger partial charge in [-0.05, 0) is 36.2 Å². The number of H-pyrrole nitrogens is 1. The molecule has 2 aromatic carbocycles. The number of nitrogens with zero attached hydrogens (tertiary/aromatic N) is 7. The van der Waals surface area contributed by atoms with Crippen LogP contribution in [0.2, 0.25) is 0 Å². The number of aromatic nitrogens is 6. The van der Waals surface area contributed by atoms with Gasteiger partial charge in [0.05, 0.1) is 31.6 Å². The number of nitrogens with one attached hydrogen (secondary N) is 2. The first-order chi connectivity index (χ1) is 19.0. The van der Waals surface area contributed by atoms with E-state index >= 15 is 0 Å². The number of halogens is 2. The molecule has 2 N–H and O–H groups in total. The van der Waals surface area contributed by atoms with E-state index in [0.717, 1.165) is 23.8 Å². The lowest BCUT2D eigenvalue weighted by Gasteiger charge is -2.27. The maximum atomic E-state index is 14.2. The highest BCUT2D eigenvalue weighted by atomic mass is 19.2. The zero-order chi connectivity index (χ0) is 26.9. The average molecular weight is 534 g/mol. The van der Waals surface area contributed by atoms with Gasteiger partial charge in [-0.1, -0.05) is 12.1 Å². The van der Waals surface area contributed by atoms with E-state index in [-0.39, 0.29) is 12.1 Å². The van der Waals surface area contributed by atoms with E-state index in [1.54, 1.807) is 6.33 Å². The van der Waals surface area contributed by atoms with E-state index in [2.05, 4.69) is 54.3 Å². The maximum Gasteiger partial charge on any atom is 0.229 e. The number of anilines is 3. The molecule has 0 saturated carbocycles. The van der Waals surface area contributed by atoms with E-state index in [1.165, 1.54) is 11.6 Å². The third kappa shape index (κ3) is 5.07. The largest absolute Gasteiger partial charge is 0.378 e. The van der Waals surface area contributed by atoms with Crippen molar-refractivity contribution >= 4 is 39.7 Å². The molecule has 6 rings (SSSR count). The van der Waals surface area contributed by atoms with Gasteiger partial charge in [0.15, 0.2) is 28.6 Å². The first-order valence-electron chi connectivity index (χ1n) is 12.8. The molecule has 202 valence electrons. The Morgan fingerprint density at radius 2 is 1.79 bits per heavy atom. The lowest BCUT2D eigenvalue weighted by Crippen LogP contribution is -2.37. The molecule has 0 unspecified atom stereocenters. The zero-order valence-electron chi connectivity index (χ0n) is 21.8. The standard InChI is InChI=1S/C27H29F2N9O/c1-36(2)18-5-3-17(4-6-18)9-10-38-16-31-24-25(34-27(35-26(24)38)37-11-13-39-14-12-37)30-15-21-32-20-8-7-19(28)22(29)23(20)33-21/h3-8,16H,9-15H2,1-2H3,(H,32,33)(H,30,34,35). The summed E-state index contributed by atoms with van der Waals surface area (Å²) in [5.74, 6) is -0.315. The Morgan fingerprint density at radius 1 is 1.00 bits per heavy atom. The van der Waals surface area contributed by atoms with E-state index in [0.29, 0.717) is 61.5 Å². The van der Waals surface area contributed by atoms with E-state index in [1.807, 2.05) is 18.7 Å². The number of hydrogen-bond acceptors (Lipinski definition) is 8. The molecule has 5 aromatic rings. The topological polar surface area (TPSA) is 100 Å². The summed E-state index contributed by atoms with van der Waals surface area (Å²) in [6.07, 6.45) is 2.60. The van der Waals surface area contributed by atoms with Gasteiger partial charge in [0.2, 0.25) is 5.95 Å². The second kappa shape index (κ2) is 10.4. The van der Waals surface area contributed by atoms with E-state index < -0.39 is 11.6 Å². The van der Waals surface area contributed by atoms with Crippen LogP contribution in [0.5, 0.6) is 0 Å². The second-order valence-corrected chi connectivity index (χ2v) is 9.69. The van der Waals surface area contributed by atoms with E-state index in [4.69, 9.17) is 14.7 Å². The summed E-state index contributed by atoms with van der Waals surface area (Å²) < 4.78 is 35.3. The molecule has 0 amide bonds. The van der Waals surface area contributed by atoms with Gasteiger partial charge in [0, 0.05) is 39.4 Å². The molecule has 0 spiro atoms. The summed E-state index contributed by atoms with van der Waals surface area (Å²) in [7, 11) is 4.05. The fourth-order valence-electron chi connectivity index (χ4n) is 4.65. The highest BCUT2D eigenvalue weighted by molar-refractivity contribution is 5.84. The van der Waals surface area contributed by atoms with Crippen LogP contribution in [0.1, 0.15) is 11.4 Å². The van der Waals surface area contributed by atoms with Crippen LogP contribution in [-0.4, -0.2) is 69.9 Å². The molecule has 1 fully saturated rings. The number of benzene rings is 2. The predicted molar refractivity (Wildman–Crippen MR) is 146 cm³/mol. The third-order valence-electron chi connectivity index (χ3n) is 6.86. The van der Waals surface area contributed by atoms with Crippen molar-refractivity contribution in [2.45, 2.75) is 19.5 Å². The minimum absolute atomic E-state index is 0.0310. The number of ether oxygens (including phenoxy) is 1. The average Bonchev–Trinajstić information content (AvgIpc) is 3.58. The van der Waals surface area contributed by atoms with Gasteiger partial charge in [-0.15, -0.1) is 0 Å². The van der Waals surface area contributed by atoms with Crippen LogP contribution in [0.3, 0.4) is 0 Å². The molecule has 10 nitrogen and oxygen atoms in total. The van der Waals surface area contributed by atoms with Crippen LogP contribution in [0.4, 0.5) is 26.2 Å². The number of imidazole rings is 2. The van der Waals surface area contributed by atoms with Crippen molar-refractivity contribution in [3.8, 4) is 0 Å². The molecule has 12 heteroatoms.